The lowest BCUT2D eigenvalue weighted by atomic mass is 10.2. The molecule has 0 bridgehead atoms. The Bertz CT molecular complexity index is 183. The molecule has 2 fully saturated rings. The molecule has 2 heterocycles. The molecule has 0 aromatic rings. The van der Waals surface area contributed by atoms with Crippen molar-refractivity contribution in [3.8, 4) is 0 Å². The maximum atomic E-state index is 11.6. The molecule has 4 nitrogen and oxygen atoms in total. The van der Waals surface area contributed by atoms with E-state index in [1.54, 1.807) is 0 Å². The van der Waals surface area contributed by atoms with Gasteiger partial charge in [0.15, 0.2) is 0 Å². The van der Waals surface area contributed by atoms with Crippen molar-refractivity contribution in [2.75, 3.05) is 19.6 Å². The smallest absolute Gasteiger partial charge is 0.237 e. The highest BCUT2D eigenvalue weighted by atomic mass is 16.2. The molecule has 2 atom stereocenters. The minimum absolute atomic E-state index is 0.0700. The van der Waals surface area contributed by atoms with Crippen LogP contribution in [0.3, 0.4) is 0 Å². The third-order valence-electron chi connectivity index (χ3n) is 2.78. The van der Waals surface area contributed by atoms with Crippen LogP contribution in [0.4, 0.5) is 0 Å². The van der Waals surface area contributed by atoms with E-state index in [9.17, 15) is 4.79 Å². The Hall–Kier alpha value is -0.610. The first-order valence-corrected chi connectivity index (χ1v) is 5.11. The van der Waals surface area contributed by atoms with Crippen LogP contribution in [0, 0.1) is 0 Å². The third-order valence-corrected chi connectivity index (χ3v) is 2.78. The normalized spacial score (nSPS) is 33.5. The second-order valence-corrected chi connectivity index (χ2v) is 3.85. The first kappa shape index (κ1) is 8.97. The van der Waals surface area contributed by atoms with Gasteiger partial charge in [0.1, 0.15) is 0 Å². The van der Waals surface area contributed by atoms with E-state index in [2.05, 4.69) is 16.0 Å². The average molecular weight is 183 g/mol. The van der Waals surface area contributed by atoms with Crippen molar-refractivity contribution in [3.05, 3.63) is 0 Å². The zero-order valence-corrected chi connectivity index (χ0v) is 7.81. The zero-order valence-electron chi connectivity index (χ0n) is 7.81. The summed E-state index contributed by atoms with van der Waals surface area (Å²) in [5.74, 6) is 0.186. The van der Waals surface area contributed by atoms with Crippen molar-refractivity contribution in [1.82, 2.24) is 16.0 Å². The van der Waals surface area contributed by atoms with Crippen molar-refractivity contribution in [2.45, 2.75) is 31.3 Å². The molecule has 2 rings (SSSR count). The van der Waals surface area contributed by atoms with Crippen molar-refractivity contribution in [2.24, 2.45) is 0 Å². The molecule has 0 aromatic heterocycles. The lowest BCUT2D eigenvalue weighted by Crippen LogP contribution is -2.45. The summed E-state index contributed by atoms with van der Waals surface area (Å²) in [4.78, 5) is 11.6. The van der Waals surface area contributed by atoms with Crippen LogP contribution in [0.1, 0.15) is 19.3 Å². The fourth-order valence-electron chi connectivity index (χ4n) is 1.99. The highest BCUT2D eigenvalue weighted by molar-refractivity contribution is 5.82. The van der Waals surface area contributed by atoms with Crippen molar-refractivity contribution >= 4 is 5.91 Å². The van der Waals surface area contributed by atoms with Gasteiger partial charge >= 0.3 is 0 Å². The third kappa shape index (κ3) is 2.19. The van der Waals surface area contributed by atoms with E-state index < -0.39 is 0 Å². The van der Waals surface area contributed by atoms with Gasteiger partial charge in [-0.05, 0) is 32.4 Å². The summed E-state index contributed by atoms with van der Waals surface area (Å²) in [5.41, 5.74) is 0. The van der Waals surface area contributed by atoms with Gasteiger partial charge in [-0.25, -0.2) is 0 Å². The molecule has 2 aliphatic rings. The molecule has 0 aromatic carbocycles. The Morgan fingerprint density at radius 3 is 2.85 bits per heavy atom. The molecule has 4 heteroatoms. The highest BCUT2D eigenvalue weighted by Gasteiger charge is 2.25. The van der Waals surface area contributed by atoms with E-state index in [1.807, 2.05) is 0 Å². The Morgan fingerprint density at radius 1 is 1.31 bits per heavy atom. The van der Waals surface area contributed by atoms with Crippen LogP contribution < -0.4 is 16.0 Å². The van der Waals surface area contributed by atoms with Gasteiger partial charge in [0.2, 0.25) is 5.91 Å². The van der Waals surface area contributed by atoms with Crippen LogP contribution in [0.15, 0.2) is 0 Å². The Balaban J connectivity index is 1.76. The summed E-state index contributed by atoms with van der Waals surface area (Å²) in [6.45, 7) is 2.95. The van der Waals surface area contributed by atoms with E-state index in [4.69, 9.17) is 0 Å². The summed E-state index contributed by atoms with van der Waals surface area (Å²) in [6.07, 6.45) is 3.19. The van der Waals surface area contributed by atoms with Crippen molar-refractivity contribution in [1.29, 1.82) is 0 Å². The van der Waals surface area contributed by atoms with Crippen LogP contribution in [0.25, 0.3) is 0 Å². The number of carbonyl (C=O) groups excluding carboxylic acids is 1. The Kier molecular flexibility index (Phi) is 2.80. The molecule has 1 amide bonds. The van der Waals surface area contributed by atoms with E-state index >= 15 is 0 Å². The predicted molar refractivity (Wildman–Crippen MR) is 50.4 cm³/mol. The van der Waals surface area contributed by atoms with Crippen LogP contribution in [-0.4, -0.2) is 37.6 Å². The van der Waals surface area contributed by atoms with E-state index in [0.717, 1.165) is 38.9 Å². The standard InChI is InChI=1S/C9H17N3O/c13-9(8-2-1-4-11-8)12-7-3-5-10-6-7/h7-8,10-11H,1-6H2,(H,12,13). The highest BCUT2D eigenvalue weighted by Crippen LogP contribution is 2.06. The quantitative estimate of drug-likeness (QED) is 0.526. The Morgan fingerprint density at radius 2 is 2.23 bits per heavy atom. The van der Waals surface area contributed by atoms with Gasteiger partial charge < -0.3 is 16.0 Å². The largest absolute Gasteiger partial charge is 0.351 e. The maximum Gasteiger partial charge on any atom is 0.237 e. The van der Waals surface area contributed by atoms with E-state index in [-0.39, 0.29) is 11.9 Å². The predicted octanol–water partition coefficient (Wildman–Crippen LogP) is -0.783. The average Bonchev–Trinajstić information content (AvgIpc) is 2.74. The number of hydrogen-bond donors (Lipinski definition) is 3. The minimum Gasteiger partial charge on any atom is -0.351 e. The molecule has 0 aliphatic carbocycles. The first-order chi connectivity index (χ1) is 6.36. The lowest BCUT2D eigenvalue weighted by molar-refractivity contribution is -0.123. The second-order valence-electron chi connectivity index (χ2n) is 3.85. The summed E-state index contributed by atoms with van der Waals surface area (Å²) in [7, 11) is 0. The summed E-state index contributed by atoms with van der Waals surface area (Å²) >= 11 is 0. The van der Waals surface area contributed by atoms with Crippen LogP contribution in [0.5, 0.6) is 0 Å². The van der Waals surface area contributed by atoms with Gasteiger partial charge in [0, 0.05) is 12.6 Å². The first-order valence-electron chi connectivity index (χ1n) is 5.11. The van der Waals surface area contributed by atoms with Gasteiger partial charge in [-0.3, -0.25) is 4.79 Å². The summed E-state index contributed by atoms with van der Waals surface area (Å²) < 4.78 is 0. The molecule has 3 N–H and O–H groups in total. The number of carbonyl (C=O) groups is 1. The maximum absolute atomic E-state index is 11.6. The molecule has 2 aliphatic heterocycles. The zero-order chi connectivity index (χ0) is 9.10. The molecule has 0 saturated carbocycles. The van der Waals surface area contributed by atoms with Crippen LogP contribution in [0.2, 0.25) is 0 Å². The van der Waals surface area contributed by atoms with Gasteiger partial charge in [0.25, 0.3) is 0 Å². The lowest BCUT2D eigenvalue weighted by Gasteiger charge is -2.15. The second kappa shape index (κ2) is 4.07. The molecule has 2 unspecified atom stereocenters. The van der Waals surface area contributed by atoms with Crippen LogP contribution >= 0.6 is 0 Å². The molecule has 0 radical (unpaired) electrons. The van der Waals surface area contributed by atoms with Gasteiger partial charge in [-0.1, -0.05) is 0 Å². The molecule has 0 spiro atoms. The number of hydrogen-bond acceptors (Lipinski definition) is 3. The van der Waals surface area contributed by atoms with Crippen molar-refractivity contribution < 1.29 is 4.79 Å². The van der Waals surface area contributed by atoms with E-state index in [1.165, 1.54) is 0 Å². The topological polar surface area (TPSA) is 53.2 Å². The van der Waals surface area contributed by atoms with Gasteiger partial charge in [-0.2, -0.15) is 0 Å². The molecular formula is C9H17N3O. The fraction of sp³-hybridized carbons (Fsp3) is 0.889. The molecule has 2 saturated heterocycles. The SMILES string of the molecule is O=C(NC1CCNC1)C1CCCN1. The van der Waals surface area contributed by atoms with Crippen molar-refractivity contribution in [3.63, 3.8) is 0 Å². The van der Waals surface area contributed by atoms with Gasteiger partial charge in [0.05, 0.1) is 6.04 Å². The minimum atomic E-state index is 0.0700. The van der Waals surface area contributed by atoms with E-state index in [0.29, 0.717) is 6.04 Å². The summed E-state index contributed by atoms with van der Waals surface area (Å²) in [6, 6.07) is 0.426. The number of rotatable bonds is 2. The molecule has 13 heavy (non-hydrogen) atoms. The monoisotopic (exact) mass is 183 g/mol. The molecular weight excluding hydrogens is 166 g/mol. The summed E-state index contributed by atoms with van der Waals surface area (Å²) in [5, 5.41) is 9.49. The van der Waals surface area contributed by atoms with Crippen LogP contribution in [-0.2, 0) is 4.79 Å². The molecule has 74 valence electrons. The number of amides is 1. The van der Waals surface area contributed by atoms with Gasteiger partial charge in [-0.15, -0.1) is 0 Å². The fourth-order valence-corrected chi connectivity index (χ4v) is 1.99. The Labute approximate surface area is 78.5 Å². The number of nitrogens with one attached hydrogen (secondary N) is 3.